The summed E-state index contributed by atoms with van der Waals surface area (Å²) in [6.45, 7) is 1.92. The number of ether oxygens (including phenoxy) is 2. The Labute approximate surface area is 189 Å². The van der Waals surface area contributed by atoms with E-state index >= 15 is 0 Å². The number of benzene rings is 1. The number of carbonyl (C=O) groups is 1. The molecule has 1 amide bonds. The van der Waals surface area contributed by atoms with Gasteiger partial charge in [-0.15, -0.1) is 21.5 Å². The van der Waals surface area contributed by atoms with Crippen molar-refractivity contribution >= 4 is 29.0 Å². The second kappa shape index (κ2) is 8.92. The third-order valence-electron chi connectivity index (χ3n) is 5.69. The van der Waals surface area contributed by atoms with Crippen molar-refractivity contribution in [3.63, 3.8) is 0 Å². The van der Waals surface area contributed by atoms with E-state index in [0.717, 1.165) is 53.9 Å². The zero-order valence-corrected chi connectivity index (χ0v) is 19.0. The molecule has 0 N–H and O–H groups in total. The number of hydrogen-bond donors (Lipinski definition) is 0. The van der Waals surface area contributed by atoms with Gasteiger partial charge >= 0.3 is 0 Å². The Morgan fingerprint density at radius 1 is 1.23 bits per heavy atom. The largest absolute Gasteiger partial charge is 0.486 e. The number of fused-ring (bicyclic) bond motifs is 1. The molecule has 0 unspecified atom stereocenters. The van der Waals surface area contributed by atoms with Crippen molar-refractivity contribution in [3.8, 4) is 11.5 Å². The van der Waals surface area contributed by atoms with Gasteiger partial charge in [0.05, 0.1) is 11.8 Å². The Hall–Kier alpha value is -2.52. The monoisotopic (exact) mass is 456 g/mol. The lowest BCUT2D eigenvalue weighted by Gasteiger charge is -2.26. The van der Waals surface area contributed by atoms with Gasteiger partial charge < -0.3 is 18.9 Å². The van der Waals surface area contributed by atoms with Crippen LogP contribution in [0, 0.1) is 0 Å². The minimum absolute atomic E-state index is 0.0813. The number of carbonyl (C=O) groups excluding carboxylic acids is 1. The van der Waals surface area contributed by atoms with Crippen molar-refractivity contribution in [1.82, 2.24) is 19.7 Å². The normalized spacial score (nSPS) is 17.8. The molecule has 9 heteroatoms. The van der Waals surface area contributed by atoms with Gasteiger partial charge in [0.25, 0.3) is 0 Å². The molecule has 0 saturated carbocycles. The molecule has 0 aliphatic carbocycles. The lowest BCUT2D eigenvalue weighted by Crippen LogP contribution is -2.32. The van der Waals surface area contributed by atoms with Crippen LogP contribution in [0.5, 0.6) is 11.5 Å². The van der Waals surface area contributed by atoms with Crippen molar-refractivity contribution in [2.24, 2.45) is 7.05 Å². The van der Waals surface area contributed by atoms with Crippen LogP contribution in [0.2, 0.25) is 0 Å². The van der Waals surface area contributed by atoms with Gasteiger partial charge in [-0.25, -0.2) is 0 Å². The van der Waals surface area contributed by atoms with Gasteiger partial charge in [0.1, 0.15) is 19.0 Å². The maximum Gasteiger partial charge on any atom is 0.233 e. The molecule has 2 aromatic heterocycles. The highest BCUT2D eigenvalue weighted by molar-refractivity contribution is 7.99. The Balaban J connectivity index is 1.24. The predicted molar refractivity (Wildman–Crippen MR) is 120 cm³/mol. The third-order valence-corrected chi connectivity index (χ3v) is 7.57. The first-order valence-electron chi connectivity index (χ1n) is 10.4. The topological polar surface area (TPSA) is 69.5 Å². The molecule has 31 heavy (non-hydrogen) atoms. The zero-order chi connectivity index (χ0) is 21.2. The fourth-order valence-corrected chi connectivity index (χ4v) is 5.60. The van der Waals surface area contributed by atoms with E-state index in [-0.39, 0.29) is 11.9 Å². The quantitative estimate of drug-likeness (QED) is 0.527. The number of thioether (sulfide) groups is 1. The Morgan fingerprint density at radius 3 is 2.94 bits per heavy atom. The molecule has 2 aliphatic heterocycles. The molecule has 2 aliphatic rings. The molecule has 1 saturated heterocycles. The molecule has 7 nitrogen and oxygen atoms in total. The summed E-state index contributed by atoms with van der Waals surface area (Å²) in [7, 11) is 1.96. The van der Waals surface area contributed by atoms with E-state index in [4.69, 9.17) is 9.47 Å². The fourth-order valence-electron chi connectivity index (χ4n) is 4.08. The van der Waals surface area contributed by atoms with Gasteiger partial charge in [-0.1, -0.05) is 23.9 Å². The van der Waals surface area contributed by atoms with Gasteiger partial charge in [0.15, 0.2) is 16.7 Å². The smallest absolute Gasteiger partial charge is 0.233 e. The first kappa shape index (κ1) is 20.4. The Kier molecular flexibility index (Phi) is 5.87. The third kappa shape index (κ3) is 4.29. The van der Waals surface area contributed by atoms with Crippen LogP contribution in [0.15, 0.2) is 40.9 Å². The summed E-state index contributed by atoms with van der Waals surface area (Å²) in [6.07, 6.45) is 2.73. The summed E-state index contributed by atoms with van der Waals surface area (Å²) >= 11 is 3.16. The number of nitrogens with zero attached hydrogens (tertiary/aromatic N) is 4. The molecular weight excluding hydrogens is 432 g/mol. The van der Waals surface area contributed by atoms with Crippen LogP contribution >= 0.6 is 23.1 Å². The molecule has 1 aromatic carbocycles. The minimum atomic E-state index is 0.0813. The van der Waals surface area contributed by atoms with E-state index in [0.29, 0.717) is 19.0 Å². The van der Waals surface area contributed by atoms with E-state index in [1.807, 2.05) is 34.7 Å². The average molecular weight is 457 g/mol. The molecule has 4 heterocycles. The average Bonchev–Trinajstić information content (AvgIpc) is 3.55. The standard InChI is InChI=1S/C22H24N4O3S2/c1-25-20(13-16-4-3-11-30-16)23-24-22(25)31-14-21(27)26-8-2-5-17(26)15-6-7-18-19(12-15)29-10-9-28-18/h3-4,6-7,11-12,17H,2,5,8-10,13-14H2,1H3/t17-/m0/s1. The SMILES string of the molecule is Cn1c(Cc2cccs2)nnc1SCC(=O)N1CCC[C@H]1c1ccc2c(c1)OCCO2. The van der Waals surface area contributed by atoms with E-state index in [1.165, 1.54) is 16.6 Å². The number of rotatable bonds is 6. The van der Waals surface area contributed by atoms with E-state index in [2.05, 4.69) is 27.7 Å². The fraction of sp³-hybridized carbons (Fsp3) is 0.409. The van der Waals surface area contributed by atoms with Crippen molar-refractivity contribution < 1.29 is 14.3 Å². The summed E-state index contributed by atoms with van der Waals surface area (Å²) in [5.74, 6) is 2.95. The second-order valence-corrected chi connectivity index (χ2v) is 9.63. The highest BCUT2D eigenvalue weighted by Gasteiger charge is 2.31. The number of thiophene rings is 1. The number of hydrogen-bond acceptors (Lipinski definition) is 7. The Bertz CT molecular complexity index is 1070. The van der Waals surface area contributed by atoms with Crippen molar-refractivity contribution in [3.05, 3.63) is 52.0 Å². The van der Waals surface area contributed by atoms with Crippen LogP contribution in [0.3, 0.4) is 0 Å². The predicted octanol–water partition coefficient (Wildman–Crippen LogP) is 3.69. The highest BCUT2D eigenvalue weighted by Crippen LogP contribution is 2.38. The van der Waals surface area contributed by atoms with Crippen LogP contribution in [-0.4, -0.2) is 51.1 Å². The molecule has 0 radical (unpaired) electrons. The zero-order valence-electron chi connectivity index (χ0n) is 17.3. The molecule has 3 aromatic rings. The van der Waals surface area contributed by atoms with Gasteiger partial charge in [0, 0.05) is 24.9 Å². The van der Waals surface area contributed by atoms with Gasteiger partial charge in [-0.2, -0.15) is 0 Å². The van der Waals surface area contributed by atoms with Gasteiger partial charge in [-0.05, 0) is 42.0 Å². The Morgan fingerprint density at radius 2 is 2.10 bits per heavy atom. The number of aromatic nitrogens is 3. The van der Waals surface area contributed by atoms with Crippen LogP contribution < -0.4 is 9.47 Å². The molecule has 0 spiro atoms. The van der Waals surface area contributed by atoms with E-state index < -0.39 is 0 Å². The maximum absolute atomic E-state index is 13.1. The number of amides is 1. The lowest BCUT2D eigenvalue weighted by molar-refractivity contribution is -0.129. The first-order valence-corrected chi connectivity index (χ1v) is 12.3. The van der Waals surface area contributed by atoms with Crippen molar-refractivity contribution in [1.29, 1.82) is 0 Å². The maximum atomic E-state index is 13.1. The summed E-state index contributed by atoms with van der Waals surface area (Å²) in [6, 6.07) is 10.3. The van der Waals surface area contributed by atoms with Crippen LogP contribution in [-0.2, 0) is 18.3 Å². The summed E-state index contributed by atoms with van der Waals surface area (Å²) in [4.78, 5) is 16.3. The van der Waals surface area contributed by atoms with Gasteiger partial charge in [-0.3, -0.25) is 4.79 Å². The summed E-state index contributed by atoms with van der Waals surface area (Å²) in [5, 5.41) is 11.5. The van der Waals surface area contributed by atoms with Crippen molar-refractivity contribution in [2.75, 3.05) is 25.5 Å². The highest BCUT2D eigenvalue weighted by atomic mass is 32.2. The molecule has 1 atom stereocenters. The van der Waals surface area contributed by atoms with Crippen molar-refractivity contribution in [2.45, 2.75) is 30.5 Å². The van der Waals surface area contributed by atoms with Gasteiger partial charge in [0.2, 0.25) is 5.91 Å². The molecule has 5 rings (SSSR count). The van der Waals surface area contributed by atoms with E-state index in [9.17, 15) is 4.79 Å². The summed E-state index contributed by atoms with van der Waals surface area (Å²) in [5.41, 5.74) is 1.11. The summed E-state index contributed by atoms with van der Waals surface area (Å²) < 4.78 is 13.3. The second-order valence-electron chi connectivity index (χ2n) is 7.65. The van der Waals surface area contributed by atoms with Crippen LogP contribution in [0.25, 0.3) is 0 Å². The van der Waals surface area contributed by atoms with E-state index in [1.54, 1.807) is 11.3 Å². The lowest BCUT2D eigenvalue weighted by atomic mass is 10.0. The molecule has 162 valence electrons. The molecule has 0 bridgehead atoms. The molecule has 1 fully saturated rings. The first-order chi connectivity index (χ1) is 15.2. The van der Waals surface area contributed by atoms with Crippen LogP contribution in [0.1, 0.15) is 35.1 Å². The number of likely N-dealkylation sites (tertiary alicyclic amines) is 1. The molecular formula is C22H24N4O3S2. The van der Waals surface area contributed by atoms with Crippen LogP contribution in [0.4, 0.5) is 0 Å². The minimum Gasteiger partial charge on any atom is -0.486 e.